The maximum absolute atomic E-state index is 6.33. The molecule has 0 unspecified atom stereocenters. The van der Waals surface area contributed by atoms with Crippen molar-refractivity contribution in [3.63, 3.8) is 0 Å². The Morgan fingerprint density at radius 1 is 1.19 bits per heavy atom. The third-order valence-electron chi connectivity index (χ3n) is 4.89. The Kier molecular flexibility index (Phi) is 5.73. The quantitative estimate of drug-likeness (QED) is 0.665. The van der Waals surface area contributed by atoms with Crippen LogP contribution in [0.15, 0.2) is 40.5 Å². The monoisotopic (exact) mass is 422 g/mol. The van der Waals surface area contributed by atoms with E-state index in [4.69, 9.17) is 33.9 Å². The zero-order valence-corrected chi connectivity index (χ0v) is 17.0. The average Bonchev–Trinajstić information content (AvgIpc) is 3.17. The van der Waals surface area contributed by atoms with Crippen LogP contribution in [0.5, 0.6) is 0 Å². The lowest BCUT2D eigenvalue weighted by Crippen LogP contribution is -2.36. The fraction of sp³-hybridized carbons (Fsp3) is 0.389. The van der Waals surface area contributed by atoms with Gasteiger partial charge in [0, 0.05) is 24.2 Å². The topological polar surface area (TPSA) is 72.3 Å². The van der Waals surface area contributed by atoms with Gasteiger partial charge in [-0.2, -0.15) is 0 Å². The summed E-state index contributed by atoms with van der Waals surface area (Å²) in [7, 11) is 0. The zero-order valence-electron chi connectivity index (χ0n) is 14.7. The van der Waals surface area contributed by atoms with E-state index >= 15 is 0 Å². The van der Waals surface area contributed by atoms with Gasteiger partial charge in [-0.15, -0.1) is 10.2 Å². The summed E-state index contributed by atoms with van der Waals surface area (Å²) in [4.78, 5) is 8.76. The second-order valence-electron chi connectivity index (χ2n) is 6.61. The first-order valence-electron chi connectivity index (χ1n) is 8.93. The number of nitrogens with zero attached hydrogens (tertiary/aromatic N) is 5. The van der Waals surface area contributed by atoms with Crippen LogP contribution in [0.2, 0.25) is 10.0 Å². The molecule has 0 aliphatic carbocycles. The van der Waals surface area contributed by atoms with E-state index in [-0.39, 0.29) is 0 Å². The minimum Gasteiger partial charge on any atom is -0.342 e. The second-order valence-corrected chi connectivity index (χ2v) is 8.48. The summed E-state index contributed by atoms with van der Waals surface area (Å²) in [6.07, 6.45) is 6.92. The minimum atomic E-state index is 0.532. The Balaban J connectivity index is 1.60. The first-order chi connectivity index (χ1) is 13.2. The molecular weight excluding hydrogens is 403 g/mol. The number of fused-ring (bicyclic) bond motifs is 1. The molecule has 4 rings (SSSR count). The number of anilines is 1. The molecule has 142 valence electrons. The van der Waals surface area contributed by atoms with Crippen LogP contribution in [-0.4, -0.2) is 39.2 Å². The summed E-state index contributed by atoms with van der Waals surface area (Å²) < 4.78 is 1.95. The second kappa shape index (κ2) is 8.22. The van der Waals surface area contributed by atoms with Gasteiger partial charge in [-0.25, -0.2) is 9.38 Å². The molecule has 1 fully saturated rings. The van der Waals surface area contributed by atoms with Crippen LogP contribution in [0.1, 0.15) is 19.3 Å². The fourth-order valence-corrected chi connectivity index (χ4v) is 4.82. The Labute approximate surface area is 172 Å². The van der Waals surface area contributed by atoms with Gasteiger partial charge in [0.15, 0.2) is 5.65 Å². The number of piperidine rings is 1. The largest absolute Gasteiger partial charge is 0.342 e. The van der Waals surface area contributed by atoms with E-state index in [0.29, 0.717) is 16.0 Å². The number of rotatable bonds is 5. The summed E-state index contributed by atoms with van der Waals surface area (Å²) >= 11 is 13.9. The van der Waals surface area contributed by atoms with Gasteiger partial charge in [-0.1, -0.05) is 41.0 Å². The van der Waals surface area contributed by atoms with Crippen molar-refractivity contribution in [3.8, 4) is 0 Å². The Morgan fingerprint density at radius 3 is 2.78 bits per heavy atom. The Hall–Kier alpha value is -1.54. The van der Waals surface area contributed by atoms with Crippen molar-refractivity contribution in [1.82, 2.24) is 19.6 Å². The van der Waals surface area contributed by atoms with Crippen LogP contribution in [0.4, 0.5) is 5.95 Å². The van der Waals surface area contributed by atoms with E-state index in [9.17, 15) is 0 Å². The summed E-state index contributed by atoms with van der Waals surface area (Å²) in [6, 6.07) is 5.59. The highest BCUT2D eigenvalue weighted by molar-refractivity contribution is 7.99. The van der Waals surface area contributed by atoms with Crippen molar-refractivity contribution in [1.29, 1.82) is 0 Å². The number of halogens is 2. The maximum Gasteiger partial charge on any atom is 0.212 e. The lowest BCUT2D eigenvalue weighted by molar-refractivity contribution is 0.383. The zero-order chi connectivity index (χ0) is 18.8. The molecule has 0 radical (unpaired) electrons. The molecule has 3 aromatic rings. The van der Waals surface area contributed by atoms with Crippen molar-refractivity contribution in [2.75, 3.05) is 24.5 Å². The molecule has 0 bridgehead atoms. The first kappa shape index (κ1) is 18.8. The van der Waals surface area contributed by atoms with Gasteiger partial charge < -0.3 is 10.6 Å². The van der Waals surface area contributed by atoms with Crippen molar-refractivity contribution in [2.45, 2.75) is 29.1 Å². The van der Waals surface area contributed by atoms with E-state index in [1.165, 1.54) is 11.8 Å². The average molecular weight is 423 g/mol. The lowest BCUT2D eigenvalue weighted by Gasteiger charge is -2.32. The highest BCUT2D eigenvalue weighted by Gasteiger charge is 2.22. The maximum atomic E-state index is 6.33. The summed E-state index contributed by atoms with van der Waals surface area (Å²) in [6.45, 7) is 2.70. The van der Waals surface area contributed by atoms with E-state index in [0.717, 1.165) is 60.3 Å². The SMILES string of the molecule is NCCC1CCN(c2ncc(Sc3cccc(Cl)c3Cl)c3nncn23)CC1. The molecule has 0 atom stereocenters. The predicted molar refractivity (Wildman–Crippen MR) is 110 cm³/mol. The van der Waals surface area contributed by atoms with Crippen molar-refractivity contribution >= 4 is 46.6 Å². The van der Waals surface area contributed by atoms with Crippen molar-refractivity contribution < 1.29 is 0 Å². The summed E-state index contributed by atoms with van der Waals surface area (Å²) in [5.74, 6) is 1.59. The molecule has 9 heteroatoms. The number of hydrogen-bond donors (Lipinski definition) is 1. The molecule has 3 heterocycles. The molecule has 0 spiro atoms. The molecule has 1 saturated heterocycles. The normalized spacial score (nSPS) is 15.6. The van der Waals surface area contributed by atoms with E-state index in [2.05, 4.69) is 15.1 Å². The van der Waals surface area contributed by atoms with Crippen LogP contribution in [-0.2, 0) is 0 Å². The standard InChI is InChI=1S/C18H20Cl2N6S/c19-13-2-1-3-14(16(13)20)27-15-10-22-18(26-11-23-24-17(15)26)25-8-5-12(4-7-21)6-9-25/h1-3,10-12H,4-9,21H2. The fourth-order valence-electron chi connectivity index (χ4n) is 3.43. The number of aromatic nitrogens is 4. The van der Waals surface area contributed by atoms with Crippen molar-refractivity contribution in [3.05, 3.63) is 40.8 Å². The molecule has 27 heavy (non-hydrogen) atoms. The molecule has 2 aromatic heterocycles. The van der Waals surface area contributed by atoms with E-state index < -0.39 is 0 Å². The van der Waals surface area contributed by atoms with Gasteiger partial charge in [0.25, 0.3) is 0 Å². The van der Waals surface area contributed by atoms with Crippen LogP contribution in [0.25, 0.3) is 5.65 Å². The Morgan fingerprint density at radius 2 is 2.00 bits per heavy atom. The molecular formula is C18H20Cl2N6S. The summed E-state index contributed by atoms with van der Waals surface area (Å²) in [5.41, 5.74) is 6.47. The van der Waals surface area contributed by atoms with Gasteiger partial charge in [0.1, 0.15) is 6.33 Å². The van der Waals surface area contributed by atoms with E-state index in [1.54, 1.807) is 12.4 Å². The molecule has 0 saturated carbocycles. The van der Waals surface area contributed by atoms with Crippen LogP contribution in [0, 0.1) is 5.92 Å². The molecule has 2 N–H and O–H groups in total. The molecule has 0 amide bonds. The van der Waals surface area contributed by atoms with Crippen LogP contribution in [0.3, 0.4) is 0 Å². The van der Waals surface area contributed by atoms with Gasteiger partial charge in [-0.05, 0) is 43.9 Å². The highest BCUT2D eigenvalue weighted by atomic mass is 35.5. The predicted octanol–water partition coefficient (Wildman–Crippen LogP) is 4.15. The number of benzene rings is 1. The van der Waals surface area contributed by atoms with Crippen LogP contribution < -0.4 is 10.6 Å². The Bertz CT molecular complexity index is 939. The molecule has 6 nitrogen and oxygen atoms in total. The number of hydrogen-bond acceptors (Lipinski definition) is 6. The van der Waals surface area contributed by atoms with Gasteiger partial charge in [-0.3, -0.25) is 0 Å². The molecule has 1 aromatic carbocycles. The highest BCUT2D eigenvalue weighted by Crippen LogP contribution is 2.38. The van der Waals surface area contributed by atoms with Crippen molar-refractivity contribution in [2.24, 2.45) is 11.7 Å². The smallest absolute Gasteiger partial charge is 0.212 e. The third-order valence-corrected chi connectivity index (χ3v) is 6.89. The van der Waals surface area contributed by atoms with Gasteiger partial charge in [0.2, 0.25) is 5.95 Å². The van der Waals surface area contributed by atoms with Crippen LogP contribution >= 0.6 is 35.0 Å². The third kappa shape index (κ3) is 3.87. The van der Waals surface area contributed by atoms with E-state index in [1.807, 2.05) is 22.7 Å². The summed E-state index contributed by atoms with van der Waals surface area (Å²) in [5, 5.41) is 9.47. The van der Waals surface area contributed by atoms with Gasteiger partial charge >= 0.3 is 0 Å². The first-order valence-corrected chi connectivity index (χ1v) is 10.5. The number of nitrogens with two attached hydrogens (primary N) is 1. The molecule has 1 aliphatic rings. The molecule has 1 aliphatic heterocycles. The van der Waals surface area contributed by atoms with Gasteiger partial charge in [0.05, 0.1) is 14.9 Å². The lowest BCUT2D eigenvalue weighted by atomic mass is 9.94. The minimum absolute atomic E-state index is 0.532.